The number of halogens is 3. The van der Waals surface area contributed by atoms with Gasteiger partial charge < -0.3 is 15.4 Å². The summed E-state index contributed by atoms with van der Waals surface area (Å²) >= 11 is 0. The molecule has 23 heavy (non-hydrogen) atoms. The van der Waals surface area contributed by atoms with Gasteiger partial charge in [-0.05, 0) is 31.0 Å². The number of methoxy groups -OCH3 is 1. The van der Waals surface area contributed by atoms with Crippen LogP contribution in [-0.4, -0.2) is 31.6 Å². The van der Waals surface area contributed by atoms with Crippen molar-refractivity contribution < 1.29 is 27.5 Å². The van der Waals surface area contributed by atoms with E-state index >= 15 is 0 Å². The predicted octanol–water partition coefficient (Wildman–Crippen LogP) is 2.11. The SMILES string of the molecule is COc1ccc(NCC(=O)NC(=O)NC2CC2)c(C(F)(F)F)c1. The van der Waals surface area contributed by atoms with Gasteiger partial charge in [0.15, 0.2) is 0 Å². The second-order valence-corrected chi connectivity index (χ2v) is 5.06. The van der Waals surface area contributed by atoms with Crippen LogP contribution in [0, 0.1) is 0 Å². The highest BCUT2D eigenvalue weighted by atomic mass is 19.4. The summed E-state index contributed by atoms with van der Waals surface area (Å²) in [5.41, 5.74) is -1.22. The van der Waals surface area contributed by atoms with Crippen LogP contribution in [0.15, 0.2) is 18.2 Å². The van der Waals surface area contributed by atoms with E-state index in [1.54, 1.807) is 0 Å². The second kappa shape index (κ2) is 6.76. The summed E-state index contributed by atoms with van der Waals surface area (Å²) in [5.74, 6) is -0.678. The van der Waals surface area contributed by atoms with Gasteiger partial charge in [0.25, 0.3) is 0 Å². The highest BCUT2D eigenvalue weighted by Crippen LogP contribution is 2.37. The van der Waals surface area contributed by atoms with Crippen LogP contribution in [0.5, 0.6) is 5.75 Å². The van der Waals surface area contributed by atoms with Crippen LogP contribution >= 0.6 is 0 Å². The van der Waals surface area contributed by atoms with Crippen molar-refractivity contribution in [3.05, 3.63) is 23.8 Å². The highest BCUT2D eigenvalue weighted by Gasteiger charge is 2.34. The molecule has 0 radical (unpaired) electrons. The largest absolute Gasteiger partial charge is 0.497 e. The maximum Gasteiger partial charge on any atom is 0.418 e. The van der Waals surface area contributed by atoms with E-state index in [1.807, 2.05) is 5.32 Å². The summed E-state index contributed by atoms with van der Waals surface area (Å²) in [6, 6.07) is 2.77. The minimum atomic E-state index is -4.60. The number of hydrogen-bond donors (Lipinski definition) is 3. The third-order valence-corrected chi connectivity index (χ3v) is 3.14. The molecule has 1 aliphatic rings. The van der Waals surface area contributed by atoms with Crippen molar-refractivity contribution in [3.8, 4) is 5.75 Å². The van der Waals surface area contributed by atoms with Gasteiger partial charge in [-0.1, -0.05) is 0 Å². The summed E-state index contributed by atoms with van der Waals surface area (Å²) < 4.78 is 43.7. The van der Waals surface area contributed by atoms with Crippen LogP contribution in [0.4, 0.5) is 23.7 Å². The number of rotatable bonds is 5. The number of carbonyl (C=O) groups is 2. The standard InChI is InChI=1S/C14H16F3N3O3/c1-23-9-4-5-11(10(6-9)14(15,16)17)18-7-12(21)20-13(22)19-8-2-3-8/h4-6,8,18H,2-3,7H2,1H3,(H2,19,20,21,22). The van der Waals surface area contributed by atoms with Crippen molar-refractivity contribution in [3.63, 3.8) is 0 Å². The fraction of sp³-hybridized carbons (Fsp3) is 0.429. The zero-order valence-electron chi connectivity index (χ0n) is 12.3. The number of nitrogens with one attached hydrogen (secondary N) is 3. The van der Waals surface area contributed by atoms with Crippen molar-refractivity contribution in [1.82, 2.24) is 10.6 Å². The average molecular weight is 331 g/mol. The van der Waals surface area contributed by atoms with Gasteiger partial charge in [0.2, 0.25) is 5.91 Å². The first-order valence-electron chi connectivity index (χ1n) is 6.89. The number of ether oxygens (including phenoxy) is 1. The predicted molar refractivity (Wildman–Crippen MR) is 76.2 cm³/mol. The lowest BCUT2D eigenvalue weighted by molar-refractivity contribution is -0.137. The molecule has 0 atom stereocenters. The lowest BCUT2D eigenvalue weighted by atomic mass is 10.1. The number of anilines is 1. The van der Waals surface area contributed by atoms with Crippen LogP contribution in [0.3, 0.4) is 0 Å². The van der Waals surface area contributed by atoms with Crippen LogP contribution in [0.25, 0.3) is 0 Å². The van der Waals surface area contributed by atoms with Gasteiger partial charge in [0.1, 0.15) is 5.75 Å². The normalized spacial score (nSPS) is 14.1. The highest BCUT2D eigenvalue weighted by molar-refractivity contribution is 5.96. The monoisotopic (exact) mass is 331 g/mol. The number of alkyl halides is 3. The van der Waals surface area contributed by atoms with Gasteiger partial charge in [-0.2, -0.15) is 13.2 Å². The summed E-state index contributed by atoms with van der Waals surface area (Å²) in [6.45, 7) is -0.465. The number of imide groups is 1. The lowest BCUT2D eigenvalue weighted by Gasteiger charge is -2.15. The average Bonchev–Trinajstić information content (AvgIpc) is 3.27. The quantitative estimate of drug-likeness (QED) is 0.772. The molecule has 0 saturated heterocycles. The molecule has 0 heterocycles. The smallest absolute Gasteiger partial charge is 0.418 e. The van der Waals surface area contributed by atoms with E-state index in [2.05, 4.69) is 10.6 Å². The molecule has 1 saturated carbocycles. The molecule has 1 aromatic rings. The Morgan fingerprint density at radius 1 is 1.30 bits per heavy atom. The number of benzene rings is 1. The van der Waals surface area contributed by atoms with Gasteiger partial charge in [0, 0.05) is 11.7 Å². The molecule has 3 N–H and O–H groups in total. The topological polar surface area (TPSA) is 79.5 Å². The second-order valence-electron chi connectivity index (χ2n) is 5.06. The molecule has 0 bridgehead atoms. The van der Waals surface area contributed by atoms with Crippen molar-refractivity contribution in [2.75, 3.05) is 19.0 Å². The molecular weight excluding hydrogens is 315 g/mol. The Hall–Kier alpha value is -2.45. The summed E-state index contributed by atoms with van der Waals surface area (Å²) in [6.07, 6.45) is -2.88. The van der Waals surface area contributed by atoms with Crippen LogP contribution in [0.2, 0.25) is 0 Å². The number of carbonyl (C=O) groups excluding carboxylic acids is 2. The summed E-state index contributed by atoms with van der Waals surface area (Å²) in [5, 5.41) is 6.96. The molecule has 1 fully saturated rings. The van der Waals surface area contributed by atoms with E-state index in [9.17, 15) is 22.8 Å². The number of urea groups is 1. The molecule has 0 aromatic heterocycles. The van der Waals surface area contributed by atoms with Crippen LogP contribution in [-0.2, 0) is 11.0 Å². The van der Waals surface area contributed by atoms with E-state index < -0.39 is 30.2 Å². The Morgan fingerprint density at radius 2 is 2.00 bits per heavy atom. The molecule has 1 aliphatic carbocycles. The maximum absolute atomic E-state index is 13.0. The van der Waals surface area contributed by atoms with Crippen molar-refractivity contribution in [2.45, 2.75) is 25.1 Å². The third-order valence-electron chi connectivity index (χ3n) is 3.14. The van der Waals surface area contributed by atoms with Crippen molar-refractivity contribution >= 4 is 17.6 Å². The first-order chi connectivity index (χ1) is 10.8. The molecule has 3 amide bonds. The summed E-state index contributed by atoms with van der Waals surface area (Å²) in [4.78, 5) is 22.9. The zero-order chi connectivity index (χ0) is 17.0. The molecular formula is C14H16F3N3O3. The first-order valence-corrected chi connectivity index (χ1v) is 6.89. The van der Waals surface area contributed by atoms with E-state index in [0.29, 0.717) is 0 Å². The van der Waals surface area contributed by atoms with E-state index in [0.717, 1.165) is 18.9 Å². The Kier molecular flexibility index (Phi) is 4.97. The van der Waals surface area contributed by atoms with Crippen molar-refractivity contribution in [2.24, 2.45) is 0 Å². The Bertz CT molecular complexity index is 601. The van der Waals surface area contributed by atoms with Gasteiger partial charge in [-0.25, -0.2) is 4.79 Å². The maximum atomic E-state index is 13.0. The molecule has 0 spiro atoms. The van der Waals surface area contributed by atoms with Crippen molar-refractivity contribution in [1.29, 1.82) is 0 Å². The van der Waals surface area contributed by atoms with Crippen LogP contribution < -0.4 is 20.7 Å². The Morgan fingerprint density at radius 3 is 2.57 bits per heavy atom. The van der Waals surface area contributed by atoms with E-state index in [1.165, 1.54) is 19.2 Å². The van der Waals surface area contributed by atoms with Gasteiger partial charge >= 0.3 is 12.2 Å². The molecule has 1 aromatic carbocycles. The lowest BCUT2D eigenvalue weighted by Crippen LogP contribution is -2.42. The fourth-order valence-electron chi connectivity index (χ4n) is 1.83. The minimum absolute atomic E-state index is 0.0520. The van der Waals surface area contributed by atoms with E-state index in [-0.39, 0.29) is 17.5 Å². The number of hydrogen-bond acceptors (Lipinski definition) is 4. The molecule has 9 heteroatoms. The van der Waals surface area contributed by atoms with E-state index in [4.69, 9.17) is 4.74 Å². The first kappa shape index (κ1) is 16.9. The molecule has 0 aliphatic heterocycles. The zero-order valence-corrected chi connectivity index (χ0v) is 12.3. The molecule has 2 rings (SSSR count). The third kappa shape index (κ3) is 5.04. The Labute approximate surface area is 130 Å². The van der Waals surface area contributed by atoms with Gasteiger partial charge in [0.05, 0.1) is 19.2 Å². The molecule has 6 nitrogen and oxygen atoms in total. The van der Waals surface area contributed by atoms with Gasteiger partial charge in [-0.15, -0.1) is 0 Å². The van der Waals surface area contributed by atoms with Gasteiger partial charge in [-0.3, -0.25) is 10.1 Å². The number of amides is 3. The molecule has 0 unspecified atom stereocenters. The minimum Gasteiger partial charge on any atom is -0.497 e. The summed E-state index contributed by atoms with van der Waals surface area (Å²) in [7, 11) is 1.26. The fourth-order valence-corrected chi connectivity index (χ4v) is 1.83. The van der Waals surface area contributed by atoms with Crippen LogP contribution in [0.1, 0.15) is 18.4 Å². The Balaban J connectivity index is 1.96. The molecule has 126 valence electrons.